The zero-order valence-corrected chi connectivity index (χ0v) is 15.0. The first-order chi connectivity index (χ1) is 11.3. The van der Waals surface area contributed by atoms with Gasteiger partial charge in [-0.2, -0.15) is 0 Å². The van der Waals surface area contributed by atoms with E-state index in [-0.39, 0.29) is 5.75 Å². The SMILES string of the molecule is COC(=O)C1=C(C)NC(=S)N[C@H]1c1ccc(OCC(C)C)c(O)c1. The van der Waals surface area contributed by atoms with E-state index < -0.39 is 12.0 Å². The number of hydrogen-bond donors (Lipinski definition) is 3. The summed E-state index contributed by atoms with van der Waals surface area (Å²) in [4.78, 5) is 12.1. The van der Waals surface area contributed by atoms with E-state index in [1.807, 2.05) is 13.8 Å². The quantitative estimate of drug-likeness (QED) is 0.556. The van der Waals surface area contributed by atoms with Gasteiger partial charge in [0.2, 0.25) is 0 Å². The molecule has 0 bridgehead atoms. The van der Waals surface area contributed by atoms with Gasteiger partial charge in [0.05, 0.1) is 25.3 Å². The Labute approximate surface area is 146 Å². The third-order valence-electron chi connectivity index (χ3n) is 3.56. The molecule has 130 valence electrons. The number of rotatable bonds is 5. The number of phenolic OH excluding ortho intramolecular Hbond substituents is 1. The van der Waals surface area contributed by atoms with E-state index >= 15 is 0 Å². The number of aromatic hydroxyl groups is 1. The molecule has 24 heavy (non-hydrogen) atoms. The lowest BCUT2D eigenvalue weighted by molar-refractivity contribution is -0.136. The number of hydrogen-bond acceptors (Lipinski definition) is 5. The van der Waals surface area contributed by atoms with Gasteiger partial charge < -0.3 is 25.2 Å². The number of carbonyl (C=O) groups is 1. The van der Waals surface area contributed by atoms with E-state index in [2.05, 4.69) is 10.6 Å². The summed E-state index contributed by atoms with van der Waals surface area (Å²) in [7, 11) is 1.33. The van der Waals surface area contributed by atoms with Crippen molar-refractivity contribution in [3.63, 3.8) is 0 Å². The standard InChI is InChI=1S/C17H22N2O4S/c1-9(2)8-23-13-6-5-11(7-12(13)20)15-14(16(21)22-4)10(3)18-17(24)19-15/h5-7,9,15,20H,8H2,1-4H3,(H2,18,19,24)/t15-/m0/s1. The monoisotopic (exact) mass is 350 g/mol. The van der Waals surface area contributed by atoms with E-state index in [1.165, 1.54) is 7.11 Å². The Kier molecular flexibility index (Phi) is 5.66. The Balaban J connectivity index is 2.35. The normalized spacial score (nSPS) is 17.4. The molecule has 0 radical (unpaired) electrons. The van der Waals surface area contributed by atoms with Crippen molar-refractivity contribution in [2.45, 2.75) is 26.8 Å². The predicted molar refractivity (Wildman–Crippen MR) is 94.8 cm³/mol. The summed E-state index contributed by atoms with van der Waals surface area (Å²) in [6.45, 7) is 6.32. The van der Waals surface area contributed by atoms with Crippen molar-refractivity contribution in [2.24, 2.45) is 5.92 Å². The zero-order valence-electron chi connectivity index (χ0n) is 14.2. The topological polar surface area (TPSA) is 79.8 Å². The summed E-state index contributed by atoms with van der Waals surface area (Å²) in [6, 6.07) is 4.54. The van der Waals surface area contributed by atoms with E-state index in [4.69, 9.17) is 21.7 Å². The van der Waals surface area contributed by atoms with Crippen molar-refractivity contribution in [3.8, 4) is 11.5 Å². The zero-order chi connectivity index (χ0) is 17.9. The van der Waals surface area contributed by atoms with E-state index in [9.17, 15) is 9.90 Å². The van der Waals surface area contributed by atoms with Gasteiger partial charge in [-0.15, -0.1) is 0 Å². The Morgan fingerprint density at radius 3 is 2.71 bits per heavy atom. The first-order valence-electron chi connectivity index (χ1n) is 7.65. The largest absolute Gasteiger partial charge is 0.504 e. The molecule has 0 aliphatic carbocycles. The summed E-state index contributed by atoms with van der Waals surface area (Å²) >= 11 is 5.17. The molecule has 1 aromatic carbocycles. The van der Waals surface area contributed by atoms with Gasteiger partial charge in [0, 0.05) is 5.70 Å². The van der Waals surface area contributed by atoms with Crippen molar-refractivity contribution in [1.29, 1.82) is 0 Å². The van der Waals surface area contributed by atoms with E-state index in [0.717, 1.165) is 0 Å². The van der Waals surface area contributed by atoms with Crippen LogP contribution in [0.15, 0.2) is 29.5 Å². The summed E-state index contributed by atoms with van der Waals surface area (Å²) < 4.78 is 10.4. The van der Waals surface area contributed by atoms with Crippen molar-refractivity contribution in [2.75, 3.05) is 13.7 Å². The second-order valence-corrected chi connectivity index (χ2v) is 6.40. The lowest BCUT2D eigenvalue weighted by Gasteiger charge is -2.29. The average molecular weight is 350 g/mol. The fourth-order valence-electron chi connectivity index (χ4n) is 2.42. The van der Waals surface area contributed by atoms with Crippen molar-refractivity contribution < 1.29 is 19.4 Å². The minimum atomic E-state index is -0.503. The minimum absolute atomic E-state index is 0.0151. The Bertz CT molecular complexity index is 685. The highest BCUT2D eigenvalue weighted by Crippen LogP contribution is 2.34. The third kappa shape index (κ3) is 3.97. The maximum atomic E-state index is 12.1. The Morgan fingerprint density at radius 2 is 2.12 bits per heavy atom. The van der Waals surface area contributed by atoms with Crippen molar-refractivity contribution >= 4 is 23.3 Å². The maximum Gasteiger partial charge on any atom is 0.337 e. The number of thiocarbonyl (C=S) groups is 1. The van der Waals surface area contributed by atoms with Gasteiger partial charge in [-0.25, -0.2) is 4.79 Å². The molecule has 1 aliphatic rings. The molecule has 0 saturated carbocycles. The number of allylic oxidation sites excluding steroid dienone is 1. The average Bonchev–Trinajstić information content (AvgIpc) is 2.52. The first kappa shape index (κ1) is 18.1. The molecule has 6 nitrogen and oxygen atoms in total. The van der Waals surface area contributed by atoms with Crippen LogP contribution in [0.3, 0.4) is 0 Å². The maximum absolute atomic E-state index is 12.1. The lowest BCUT2D eigenvalue weighted by Crippen LogP contribution is -2.45. The second-order valence-electron chi connectivity index (χ2n) is 5.99. The van der Waals surface area contributed by atoms with Crippen LogP contribution in [-0.2, 0) is 9.53 Å². The number of ether oxygens (including phenoxy) is 2. The highest BCUT2D eigenvalue weighted by atomic mass is 32.1. The fourth-order valence-corrected chi connectivity index (χ4v) is 2.69. The molecule has 0 unspecified atom stereocenters. The summed E-state index contributed by atoms with van der Waals surface area (Å²) in [5.41, 5.74) is 1.73. The smallest absolute Gasteiger partial charge is 0.337 e. The number of phenols is 1. The third-order valence-corrected chi connectivity index (χ3v) is 3.78. The van der Waals surface area contributed by atoms with Gasteiger partial charge in [0.15, 0.2) is 16.6 Å². The molecule has 3 N–H and O–H groups in total. The predicted octanol–water partition coefficient (Wildman–Crippen LogP) is 2.39. The molecule has 0 saturated heterocycles. The molecule has 1 aliphatic heterocycles. The summed E-state index contributed by atoms with van der Waals surface area (Å²) in [5.74, 6) is 0.314. The number of nitrogens with one attached hydrogen (secondary N) is 2. The van der Waals surface area contributed by atoms with Gasteiger partial charge in [-0.3, -0.25) is 0 Å². The number of esters is 1. The highest BCUT2D eigenvalue weighted by Gasteiger charge is 2.31. The van der Waals surface area contributed by atoms with Gasteiger partial charge in [0.25, 0.3) is 0 Å². The summed E-state index contributed by atoms with van der Waals surface area (Å²) in [5, 5.41) is 16.6. The van der Waals surface area contributed by atoms with Crippen LogP contribution in [0.2, 0.25) is 0 Å². The van der Waals surface area contributed by atoms with Crippen LogP contribution in [0.1, 0.15) is 32.4 Å². The molecule has 2 rings (SSSR count). The van der Waals surface area contributed by atoms with Crippen LogP contribution in [0.25, 0.3) is 0 Å². The van der Waals surface area contributed by atoms with Gasteiger partial charge in [-0.05, 0) is 42.8 Å². The molecule has 0 amide bonds. The van der Waals surface area contributed by atoms with Crippen LogP contribution in [0, 0.1) is 5.92 Å². The molecule has 0 fully saturated rings. The fraction of sp³-hybridized carbons (Fsp3) is 0.412. The molecule has 0 spiro atoms. The van der Waals surface area contributed by atoms with Crippen LogP contribution < -0.4 is 15.4 Å². The molecular formula is C17H22N2O4S. The van der Waals surface area contributed by atoms with Crippen LogP contribution in [-0.4, -0.2) is 29.9 Å². The van der Waals surface area contributed by atoms with E-state index in [1.54, 1.807) is 25.1 Å². The Morgan fingerprint density at radius 1 is 1.42 bits per heavy atom. The second kappa shape index (κ2) is 7.53. The molecule has 1 aromatic rings. The van der Waals surface area contributed by atoms with Crippen LogP contribution >= 0.6 is 12.2 Å². The summed E-state index contributed by atoms with van der Waals surface area (Å²) in [6.07, 6.45) is 0. The first-order valence-corrected chi connectivity index (χ1v) is 8.06. The molecule has 0 aromatic heterocycles. The Hall–Kier alpha value is -2.28. The number of carbonyl (C=O) groups excluding carboxylic acids is 1. The van der Waals surface area contributed by atoms with Gasteiger partial charge >= 0.3 is 5.97 Å². The molecule has 7 heteroatoms. The van der Waals surface area contributed by atoms with Crippen LogP contribution in [0.5, 0.6) is 11.5 Å². The van der Waals surface area contributed by atoms with E-state index in [0.29, 0.717) is 40.2 Å². The minimum Gasteiger partial charge on any atom is -0.504 e. The number of benzene rings is 1. The highest BCUT2D eigenvalue weighted by molar-refractivity contribution is 7.80. The van der Waals surface area contributed by atoms with Crippen molar-refractivity contribution in [3.05, 3.63) is 35.0 Å². The molecule has 1 heterocycles. The molecule has 1 atom stereocenters. The van der Waals surface area contributed by atoms with Gasteiger partial charge in [-0.1, -0.05) is 19.9 Å². The number of methoxy groups -OCH3 is 1. The van der Waals surface area contributed by atoms with Crippen LogP contribution in [0.4, 0.5) is 0 Å². The van der Waals surface area contributed by atoms with Crippen molar-refractivity contribution in [1.82, 2.24) is 10.6 Å². The molecular weight excluding hydrogens is 328 g/mol. The lowest BCUT2D eigenvalue weighted by atomic mass is 9.95. The van der Waals surface area contributed by atoms with Gasteiger partial charge in [0.1, 0.15) is 0 Å².